The Hall–Kier alpha value is -4.05. The van der Waals surface area contributed by atoms with Crippen LogP contribution >= 0.6 is 0 Å². The molecule has 196 valence electrons. The number of halogens is 4. The van der Waals surface area contributed by atoms with E-state index in [0.29, 0.717) is 39.0 Å². The van der Waals surface area contributed by atoms with Gasteiger partial charge in [0.05, 0.1) is 30.1 Å². The number of hydrogen-bond donors (Lipinski definition) is 1. The molecule has 4 aromatic heterocycles. The molecule has 2 fully saturated rings. The Balaban J connectivity index is 1.14. The lowest BCUT2D eigenvalue weighted by Gasteiger charge is -2.53. The molecule has 0 atom stereocenters. The molecule has 9 nitrogen and oxygen atoms in total. The molecule has 0 spiro atoms. The zero-order chi connectivity index (χ0) is 26.5. The van der Waals surface area contributed by atoms with Crippen LogP contribution in [0.2, 0.25) is 0 Å². The van der Waals surface area contributed by atoms with Crippen LogP contribution in [0.1, 0.15) is 25.0 Å². The molecule has 2 aliphatic rings. The summed E-state index contributed by atoms with van der Waals surface area (Å²) in [6, 6.07) is 5.68. The van der Waals surface area contributed by atoms with Crippen molar-refractivity contribution in [2.75, 3.05) is 31.1 Å². The number of aromatic amines is 1. The Morgan fingerprint density at radius 3 is 2.66 bits per heavy atom. The van der Waals surface area contributed by atoms with Crippen LogP contribution in [0.15, 0.2) is 43.2 Å². The van der Waals surface area contributed by atoms with Gasteiger partial charge in [-0.1, -0.05) is 0 Å². The maximum atomic E-state index is 14.6. The third kappa shape index (κ3) is 4.05. The van der Waals surface area contributed by atoms with Crippen molar-refractivity contribution in [3.8, 4) is 17.3 Å². The molecular formula is C25H23F4N9. The van der Waals surface area contributed by atoms with Crippen molar-refractivity contribution >= 4 is 16.7 Å². The zero-order valence-corrected chi connectivity index (χ0v) is 20.2. The maximum Gasteiger partial charge on any atom is 0.436 e. The van der Waals surface area contributed by atoms with Gasteiger partial charge in [-0.3, -0.25) is 9.58 Å². The highest BCUT2D eigenvalue weighted by Crippen LogP contribution is 2.39. The number of aromatic nitrogens is 6. The van der Waals surface area contributed by atoms with Gasteiger partial charge in [-0.2, -0.15) is 23.5 Å². The second-order valence-electron chi connectivity index (χ2n) is 9.81. The van der Waals surface area contributed by atoms with E-state index in [9.17, 15) is 22.8 Å². The van der Waals surface area contributed by atoms with Crippen molar-refractivity contribution in [1.29, 1.82) is 5.26 Å². The fourth-order valence-corrected chi connectivity index (χ4v) is 5.61. The number of piperidine rings is 1. The number of hydrogen-bond acceptors (Lipinski definition) is 7. The van der Waals surface area contributed by atoms with Crippen LogP contribution in [0.5, 0.6) is 0 Å². The predicted molar refractivity (Wildman–Crippen MR) is 129 cm³/mol. The van der Waals surface area contributed by atoms with E-state index in [1.807, 2.05) is 16.9 Å². The monoisotopic (exact) mass is 525 g/mol. The summed E-state index contributed by atoms with van der Waals surface area (Å²) < 4.78 is 55.7. The van der Waals surface area contributed by atoms with Crippen molar-refractivity contribution in [3.63, 3.8) is 0 Å². The number of nitrogens with zero attached hydrogens (tertiary/aromatic N) is 8. The van der Waals surface area contributed by atoms with Gasteiger partial charge in [-0.25, -0.2) is 19.3 Å². The number of nitriles is 1. The van der Waals surface area contributed by atoms with E-state index < -0.39 is 23.2 Å². The summed E-state index contributed by atoms with van der Waals surface area (Å²) in [7, 11) is 0. The minimum atomic E-state index is -4.84. The number of H-pyrrole nitrogens is 1. The normalized spacial score (nSPS) is 18.4. The van der Waals surface area contributed by atoms with E-state index >= 15 is 0 Å². The number of pyridine rings is 1. The molecule has 6 rings (SSSR count). The van der Waals surface area contributed by atoms with Gasteiger partial charge in [0, 0.05) is 61.8 Å². The Labute approximate surface area is 214 Å². The lowest BCUT2D eigenvalue weighted by molar-refractivity contribution is -0.143. The van der Waals surface area contributed by atoms with Crippen LogP contribution in [0.3, 0.4) is 0 Å². The van der Waals surface area contributed by atoms with Crippen LogP contribution in [0.25, 0.3) is 22.3 Å². The second-order valence-corrected chi connectivity index (χ2v) is 9.81. The Bertz CT molecular complexity index is 1510. The summed E-state index contributed by atoms with van der Waals surface area (Å²) in [4.78, 5) is 18.8. The van der Waals surface area contributed by atoms with Crippen molar-refractivity contribution in [2.24, 2.45) is 0 Å². The number of fused-ring (bicyclic) bond motifs is 1. The topological polar surface area (TPSA) is 103 Å². The smallest absolute Gasteiger partial charge is 0.369 e. The van der Waals surface area contributed by atoms with Gasteiger partial charge in [0.25, 0.3) is 0 Å². The summed E-state index contributed by atoms with van der Waals surface area (Å²) in [5.41, 5.74) is 0.288. The van der Waals surface area contributed by atoms with E-state index in [1.165, 1.54) is 12.4 Å². The number of rotatable bonds is 5. The average Bonchev–Trinajstić information content (AvgIpc) is 3.56. The number of likely N-dealkylation sites (tertiary alicyclic amines) is 1. The fourth-order valence-electron chi connectivity index (χ4n) is 5.61. The molecule has 1 N–H and O–H groups in total. The third-order valence-corrected chi connectivity index (χ3v) is 7.56. The number of alkyl halides is 3. The SMILES string of the molecule is N#CCC1(n2cc(-c3ncnc4[nH]ccc34)cn2)CN(C2CCN(c3ccnc(C(F)(F)F)c3F)CC2)C1. The molecule has 0 saturated carbocycles. The van der Waals surface area contributed by atoms with Gasteiger partial charge >= 0.3 is 6.18 Å². The van der Waals surface area contributed by atoms with Crippen molar-refractivity contribution in [2.45, 2.75) is 37.0 Å². The third-order valence-electron chi connectivity index (χ3n) is 7.56. The molecule has 0 radical (unpaired) electrons. The highest BCUT2D eigenvalue weighted by atomic mass is 19.4. The molecule has 0 aliphatic carbocycles. The molecule has 4 aromatic rings. The van der Waals surface area contributed by atoms with Gasteiger partial charge in [0.15, 0.2) is 11.5 Å². The first-order valence-electron chi connectivity index (χ1n) is 12.2. The van der Waals surface area contributed by atoms with Gasteiger partial charge in [-0.05, 0) is 25.0 Å². The van der Waals surface area contributed by atoms with Crippen LogP contribution < -0.4 is 4.90 Å². The molecule has 0 bridgehead atoms. The average molecular weight is 526 g/mol. The van der Waals surface area contributed by atoms with Crippen LogP contribution in [-0.4, -0.2) is 66.8 Å². The van der Waals surface area contributed by atoms with Crippen LogP contribution in [0.4, 0.5) is 23.2 Å². The first kappa shape index (κ1) is 24.3. The first-order chi connectivity index (χ1) is 18.3. The predicted octanol–water partition coefficient (Wildman–Crippen LogP) is 3.97. The molecule has 38 heavy (non-hydrogen) atoms. The fraction of sp³-hybridized carbons (Fsp3) is 0.400. The van der Waals surface area contributed by atoms with E-state index in [4.69, 9.17) is 0 Å². The Morgan fingerprint density at radius 2 is 1.92 bits per heavy atom. The van der Waals surface area contributed by atoms with Gasteiger partial charge in [0.2, 0.25) is 0 Å². The molecule has 0 aromatic carbocycles. The molecular weight excluding hydrogens is 502 g/mol. The zero-order valence-electron chi connectivity index (χ0n) is 20.2. The van der Waals surface area contributed by atoms with Gasteiger partial charge < -0.3 is 9.88 Å². The highest BCUT2D eigenvalue weighted by molar-refractivity contribution is 5.90. The summed E-state index contributed by atoms with van der Waals surface area (Å²) >= 11 is 0. The summed E-state index contributed by atoms with van der Waals surface area (Å²) in [5, 5.41) is 15.0. The quantitative estimate of drug-likeness (QED) is 0.394. The highest BCUT2D eigenvalue weighted by Gasteiger charge is 2.48. The second kappa shape index (κ2) is 9.05. The van der Waals surface area contributed by atoms with Gasteiger partial charge in [0.1, 0.15) is 17.5 Å². The minimum absolute atomic E-state index is 0.0708. The van der Waals surface area contributed by atoms with E-state index in [1.54, 1.807) is 17.3 Å². The maximum absolute atomic E-state index is 14.6. The lowest BCUT2D eigenvalue weighted by Crippen LogP contribution is -2.66. The summed E-state index contributed by atoms with van der Waals surface area (Å²) in [5.74, 6) is -1.33. The van der Waals surface area contributed by atoms with E-state index in [2.05, 4.69) is 36.0 Å². The number of anilines is 1. The summed E-state index contributed by atoms with van der Waals surface area (Å²) in [6.45, 7) is 2.10. The van der Waals surface area contributed by atoms with Gasteiger partial charge in [-0.15, -0.1) is 0 Å². The lowest BCUT2D eigenvalue weighted by atomic mass is 9.83. The number of nitrogens with one attached hydrogen (secondary N) is 1. The molecule has 6 heterocycles. The van der Waals surface area contributed by atoms with Crippen molar-refractivity contribution in [3.05, 3.63) is 54.8 Å². The largest absolute Gasteiger partial charge is 0.436 e. The standard InChI is InChI=1S/C25H23F4N9/c26-20-19(2-8-31-22(20)25(27,28)29)36-9-3-17(4-10-36)37-13-24(14-37,5-6-30)38-12-16(11-35-38)21-18-1-7-32-23(18)34-15-33-21/h1-2,7-8,11-12,15,17H,3-5,9-10,13-14H2,(H,32,33,34). The molecule has 2 saturated heterocycles. The first-order valence-corrected chi connectivity index (χ1v) is 12.2. The van der Waals surface area contributed by atoms with Crippen LogP contribution in [0, 0.1) is 17.1 Å². The van der Waals surface area contributed by atoms with Crippen LogP contribution in [-0.2, 0) is 11.7 Å². The summed E-state index contributed by atoms with van der Waals surface area (Å²) in [6.07, 6.45) is 4.74. The molecule has 2 aliphatic heterocycles. The Morgan fingerprint density at radius 1 is 1.13 bits per heavy atom. The Kier molecular flexibility index (Phi) is 5.79. The van der Waals surface area contributed by atoms with E-state index in [-0.39, 0.29) is 18.2 Å². The molecule has 13 heteroatoms. The van der Waals surface area contributed by atoms with Crippen molar-refractivity contribution < 1.29 is 17.6 Å². The van der Waals surface area contributed by atoms with Crippen molar-refractivity contribution in [1.82, 2.24) is 34.6 Å². The molecule has 0 unspecified atom stereocenters. The minimum Gasteiger partial charge on any atom is -0.369 e. The van der Waals surface area contributed by atoms with E-state index in [0.717, 1.165) is 28.5 Å². The molecule has 0 amide bonds.